The lowest BCUT2D eigenvalue weighted by Gasteiger charge is -2.25. The Kier molecular flexibility index (Phi) is 4.42. The zero-order chi connectivity index (χ0) is 18.3. The van der Waals surface area contributed by atoms with Gasteiger partial charge in [-0.3, -0.25) is 9.69 Å². The minimum absolute atomic E-state index is 0.0161. The van der Waals surface area contributed by atoms with E-state index in [1.165, 1.54) is 7.11 Å². The van der Waals surface area contributed by atoms with E-state index < -0.39 is 0 Å². The Bertz CT molecular complexity index is 870. The fourth-order valence-corrected chi connectivity index (χ4v) is 5.18. The highest BCUT2D eigenvalue weighted by Crippen LogP contribution is 2.46. The highest BCUT2D eigenvalue weighted by molar-refractivity contribution is 7.99. The van der Waals surface area contributed by atoms with Crippen molar-refractivity contribution in [1.82, 2.24) is 4.90 Å². The number of amides is 1. The van der Waals surface area contributed by atoms with E-state index in [-0.39, 0.29) is 23.3 Å². The molecule has 1 amide bonds. The van der Waals surface area contributed by atoms with Gasteiger partial charge in [-0.15, -0.1) is 11.8 Å². The second-order valence-electron chi connectivity index (χ2n) is 6.01. The maximum absolute atomic E-state index is 12.9. The Labute approximate surface area is 160 Å². The topological polar surface area (TPSA) is 49.9 Å². The summed E-state index contributed by atoms with van der Waals surface area (Å²) >= 11 is 7.33. The van der Waals surface area contributed by atoms with Crippen LogP contribution in [0.2, 0.25) is 0 Å². The average Bonchev–Trinajstić information content (AvgIpc) is 3.22. The monoisotopic (exact) mass is 384 g/mol. The first-order valence-electron chi connectivity index (χ1n) is 8.13. The molecule has 4 rings (SSSR count). The molecule has 2 saturated heterocycles. The van der Waals surface area contributed by atoms with Gasteiger partial charge in [-0.1, -0.05) is 30.3 Å². The number of carbonyl (C=O) groups excluding carboxylic acids is 2. The summed E-state index contributed by atoms with van der Waals surface area (Å²) in [5.41, 5.74) is 2.30. The normalized spacial score (nSPS) is 21.9. The predicted octanol–water partition coefficient (Wildman–Crippen LogP) is 3.22. The molecule has 2 aromatic carbocycles. The molecule has 5 nitrogen and oxygen atoms in total. The van der Waals surface area contributed by atoms with Crippen molar-refractivity contribution in [2.24, 2.45) is 0 Å². The fourth-order valence-electron chi connectivity index (χ4n) is 3.26. The average molecular weight is 384 g/mol. The third kappa shape index (κ3) is 2.68. The lowest BCUT2D eigenvalue weighted by Crippen LogP contribution is -2.33. The van der Waals surface area contributed by atoms with E-state index in [2.05, 4.69) is 0 Å². The molecule has 2 aliphatic heterocycles. The first kappa shape index (κ1) is 17.1. The molecule has 2 atom stereocenters. The molecule has 0 spiro atoms. The summed E-state index contributed by atoms with van der Waals surface area (Å²) in [4.78, 5) is 28.1. The van der Waals surface area contributed by atoms with Gasteiger partial charge >= 0.3 is 5.97 Å². The lowest BCUT2D eigenvalue weighted by molar-refractivity contribution is -0.119. The Morgan fingerprint density at radius 3 is 2.50 bits per heavy atom. The van der Waals surface area contributed by atoms with E-state index in [4.69, 9.17) is 17.0 Å². The molecule has 2 aromatic rings. The Balaban J connectivity index is 1.62. The first-order valence-corrected chi connectivity index (χ1v) is 9.58. The predicted molar refractivity (Wildman–Crippen MR) is 105 cm³/mol. The number of carbonyl (C=O) groups is 2. The van der Waals surface area contributed by atoms with Crippen LogP contribution >= 0.6 is 24.0 Å². The summed E-state index contributed by atoms with van der Waals surface area (Å²) in [7, 11) is 1.36. The zero-order valence-corrected chi connectivity index (χ0v) is 15.6. The molecule has 26 heavy (non-hydrogen) atoms. The van der Waals surface area contributed by atoms with Crippen LogP contribution in [0.3, 0.4) is 0 Å². The summed E-state index contributed by atoms with van der Waals surface area (Å²) in [5, 5.41) is 0.482. The highest BCUT2D eigenvalue weighted by atomic mass is 32.2. The zero-order valence-electron chi connectivity index (χ0n) is 14.0. The van der Waals surface area contributed by atoms with Gasteiger partial charge in [-0.25, -0.2) is 4.79 Å². The van der Waals surface area contributed by atoms with Crippen LogP contribution in [-0.4, -0.2) is 40.8 Å². The third-order valence-corrected chi connectivity index (χ3v) is 6.27. The summed E-state index contributed by atoms with van der Waals surface area (Å²) in [6, 6.07) is 16.5. The smallest absolute Gasteiger partial charge is 0.337 e. The second-order valence-corrected chi connectivity index (χ2v) is 7.49. The summed E-state index contributed by atoms with van der Waals surface area (Å²) in [6.45, 7) is 0. The number of rotatable bonds is 3. The van der Waals surface area contributed by atoms with Gasteiger partial charge in [0.2, 0.25) is 0 Å². The number of nitrogens with zero attached hydrogens (tertiary/aromatic N) is 2. The molecule has 132 valence electrons. The largest absolute Gasteiger partial charge is 0.465 e. The van der Waals surface area contributed by atoms with Crippen LogP contribution in [0.4, 0.5) is 5.69 Å². The molecule has 1 unspecified atom stereocenters. The Hall–Kier alpha value is -2.38. The van der Waals surface area contributed by atoms with Crippen LogP contribution in [0.5, 0.6) is 0 Å². The number of esters is 1. The first-order chi connectivity index (χ1) is 12.6. The third-order valence-electron chi connectivity index (χ3n) is 4.55. The number of thioether (sulfide) groups is 1. The van der Waals surface area contributed by atoms with Crippen molar-refractivity contribution >= 4 is 46.7 Å². The molecule has 0 saturated carbocycles. The van der Waals surface area contributed by atoms with E-state index >= 15 is 0 Å². The van der Waals surface area contributed by atoms with Gasteiger partial charge in [0.05, 0.1) is 18.4 Å². The molecule has 0 aromatic heterocycles. The van der Waals surface area contributed by atoms with Crippen molar-refractivity contribution in [3.05, 3.63) is 65.7 Å². The number of hydrogen-bond donors (Lipinski definition) is 0. The maximum atomic E-state index is 12.9. The molecule has 0 radical (unpaired) electrons. The number of thiocarbonyl (C=S) groups is 1. The van der Waals surface area contributed by atoms with E-state index in [9.17, 15) is 9.59 Å². The standard InChI is InChI=1S/C19H16N2O3S2/c1-24-18(23)13-9-7-12(8-10-13)17-21-15(11-26-17)16(22)20(19(21)25)14-5-3-2-4-6-14/h2-10,15,17H,11H2,1H3/t15-,17?/m0/s1. The van der Waals surface area contributed by atoms with Crippen LogP contribution in [0.15, 0.2) is 54.6 Å². The van der Waals surface area contributed by atoms with Gasteiger partial charge in [0.15, 0.2) is 5.11 Å². The van der Waals surface area contributed by atoms with Crippen LogP contribution < -0.4 is 4.90 Å². The SMILES string of the molecule is COC(=O)c1ccc(C2SC[C@H]3C(=O)N(c4ccccc4)C(=S)N23)cc1. The minimum Gasteiger partial charge on any atom is -0.465 e. The van der Waals surface area contributed by atoms with Crippen molar-refractivity contribution in [1.29, 1.82) is 0 Å². The molecular weight excluding hydrogens is 368 g/mol. The molecule has 0 N–H and O–H groups in total. The lowest BCUT2D eigenvalue weighted by atomic mass is 10.1. The van der Waals surface area contributed by atoms with Crippen molar-refractivity contribution < 1.29 is 14.3 Å². The van der Waals surface area contributed by atoms with Crippen LogP contribution in [0, 0.1) is 0 Å². The van der Waals surface area contributed by atoms with Crippen molar-refractivity contribution in [3.63, 3.8) is 0 Å². The molecule has 0 bridgehead atoms. The van der Waals surface area contributed by atoms with E-state index in [0.29, 0.717) is 16.4 Å². The highest BCUT2D eigenvalue weighted by Gasteiger charge is 2.50. The Morgan fingerprint density at radius 2 is 1.85 bits per heavy atom. The second kappa shape index (κ2) is 6.74. The molecular formula is C19H16N2O3S2. The number of hydrogen-bond acceptors (Lipinski definition) is 5. The van der Waals surface area contributed by atoms with Gasteiger partial charge < -0.3 is 9.64 Å². The quantitative estimate of drug-likeness (QED) is 0.598. The number of benzene rings is 2. The van der Waals surface area contributed by atoms with Gasteiger partial charge in [-0.2, -0.15) is 0 Å². The van der Waals surface area contributed by atoms with E-state index in [0.717, 1.165) is 11.3 Å². The molecule has 2 aliphatic rings. The van der Waals surface area contributed by atoms with Crippen molar-refractivity contribution in [2.45, 2.75) is 11.4 Å². The van der Waals surface area contributed by atoms with Crippen LogP contribution in [0.1, 0.15) is 21.3 Å². The molecule has 0 aliphatic carbocycles. The van der Waals surface area contributed by atoms with Gasteiger partial charge in [0.1, 0.15) is 11.4 Å². The van der Waals surface area contributed by atoms with Crippen LogP contribution in [0.25, 0.3) is 0 Å². The summed E-state index contributed by atoms with van der Waals surface area (Å²) < 4.78 is 4.74. The van der Waals surface area contributed by atoms with Crippen LogP contribution in [-0.2, 0) is 9.53 Å². The molecule has 2 fully saturated rings. The molecule has 7 heteroatoms. The van der Waals surface area contributed by atoms with E-state index in [1.54, 1.807) is 28.8 Å². The molecule has 2 heterocycles. The van der Waals surface area contributed by atoms with Gasteiger partial charge in [0.25, 0.3) is 5.91 Å². The summed E-state index contributed by atoms with van der Waals surface area (Å²) in [6.07, 6.45) is 0. The van der Waals surface area contributed by atoms with Gasteiger partial charge in [-0.05, 0) is 42.0 Å². The fraction of sp³-hybridized carbons (Fsp3) is 0.211. The summed E-state index contributed by atoms with van der Waals surface area (Å²) in [5.74, 6) is 0.337. The van der Waals surface area contributed by atoms with Crippen molar-refractivity contribution in [3.8, 4) is 0 Å². The maximum Gasteiger partial charge on any atom is 0.337 e. The number of anilines is 1. The number of methoxy groups -OCH3 is 1. The number of para-hydroxylation sites is 1. The van der Waals surface area contributed by atoms with Crippen molar-refractivity contribution in [2.75, 3.05) is 17.8 Å². The Morgan fingerprint density at radius 1 is 1.15 bits per heavy atom. The van der Waals surface area contributed by atoms with Gasteiger partial charge in [0, 0.05) is 5.75 Å². The van der Waals surface area contributed by atoms with E-state index in [1.807, 2.05) is 47.4 Å². The number of ether oxygens (including phenoxy) is 1. The minimum atomic E-state index is -0.365. The number of fused-ring (bicyclic) bond motifs is 1.